The molecular weight excluding hydrogens is 1690 g/mol. The van der Waals surface area contributed by atoms with Gasteiger partial charge >= 0.3 is 0 Å². The minimum absolute atomic E-state index is 0.0832. The molecule has 0 bridgehead atoms. The molecular formula is C114H79BrN2OS6. The molecule has 0 fully saturated rings. The van der Waals surface area contributed by atoms with E-state index in [1.807, 2.05) is 68.2 Å². The number of hydrogen-bond donors (Lipinski definition) is 0. The van der Waals surface area contributed by atoms with Crippen LogP contribution in [0.15, 0.2) is 287 Å². The third-order valence-electron chi connectivity index (χ3n) is 30.2. The first-order valence-electron chi connectivity index (χ1n) is 43.4. The van der Waals surface area contributed by atoms with E-state index in [-0.39, 0.29) is 32.9 Å². The lowest BCUT2D eigenvalue weighted by Gasteiger charge is -2.43. The number of fused-ring (bicyclic) bond motifs is 29. The van der Waals surface area contributed by atoms with E-state index in [1.165, 1.54) is 244 Å². The molecule has 9 aliphatic rings. The van der Waals surface area contributed by atoms with Crippen LogP contribution in [0.5, 0.6) is 0 Å². The van der Waals surface area contributed by atoms with Crippen LogP contribution in [0.25, 0.3) is 126 Å². The molecule has 0 N–H and O–H groups in total. The minimum atomic E-state index is -0.346. The molecule has 0 atom stereocenters. The van der Waals surface area contributed by atoms with Gasteiger partial charge in [0.25, 0.3) is 0 Å². The van der Waals surface area contributed by atoms with Gasteiger partial charge in [-0.1, -0.05) is 253 Å². The molecule has 594 valence electrons. The number of ketones is 1. The third-order valence-corrected chi connectivity index (χ3v) is 37.4. The molecule has 2 aliphatic heterocycles. The molecule has 10 heteroatoms. The van der Waals surface area contributed by atoms with E-state index in [4.69, 9.17) is 0 Å². The normalized spacial score (nSPS) is 16.3. The first kappa shape index (κ1) is 73.0. The molecule has 20 aromatic rings. The monoisotopic (exact) mass is 1760 g/mol. The molecule has 0 unspecified atom stereocenters. The lowest BCUT2D eigenvalue weighted by molar-refractivity contribution is 0.104. The molecule has 7 aliphatic carbocycles. The number of anilines is 6. The summed E-state index contributed by atoms with van der Waals surface area (Å²) in [4.78, 5) is 22.1. The van der Waals surface area contributed by atoms with Gasteiger partial charge in [-0.2, -0.15) is 0 Å². The maximum Gasteiger partial charge on any atom is 0.196 e. The first-order chi connectivity index (χ1) is 60.4. The smallest absolute Gasteiger partial charge is 0.196 e. The molecule has 3 nitrogen and oxygen atoms in total. The lowest BCUT2D eigenvalue weighted by Crippen LogP contribution is -2.31. The number of benzene rings is 14. The Morgan fingerprint density at radius 3 is 1.23 bits per heavy atom. The summed E-state index contributed by atoms with van der Waals surface area (Å²) in [5.41, 5.74) is 42.5. The Labute approximate surface area is 752 Å². The summed E-state index contributed by atoms with van der Waals surface area (Å²) in [6.07, 6.45) is 4.50. The van der Waals surface area contributed by atoms with Crippen molar-refractivity contribution in [1.82, 2.24) is 0 Å². The molecule has 124 heavy (non-hydrogen) atoms. The molecule has 14 aromatic carbocycles. The Hall–Kier alpha value is -11.4. The second kappa shape index (κ2) is 25.4. The summed E-state index contributed by atoms with van der Waals surface area (Å²) >= 11 is 15.1. The van der Waals surface area contributed by atoms with Crippen LogP contribution in [0.1, 0.15) is 160 Å². The van der Waals surface area contributed by atoms with Crippen LogP contribution in [0, 0.1) is 0 Å². The number of rotatable bonds is 3. The molecule has 8 heterocycles. The van der Waals surface area contributed by atoms with Crippen molar-refractivity contribution in [2.75, 3.05) is 9.80 Å². The molecule has 0 radical (unpaired) electrons. The van der Waals surface area contributed by atoms with E-state index >= 15 is 0 Å². The van der Waals surface area contributed by atoms with Crippen molar-refractivity contribution in [3.05, 3.63) is 387 Å². The number of halogens is 1. The van der Waals surface area contributed by atoms with E-state index in [9.17, 15) is 4.79 Å². The number of para-hydroxylation sites is 2. The zero-order valence-electron chi connectivity index (χ0n) is 69.6. The zero-order chi connectivity index (χ0) is 82.8. The SMILES string of the molecule is CC1(C)c2ccccc2-c2cc3c(cc21)N(c1cccc2c1sc1c(-c4ccc5c6c(ccc(Br)c46)CC5)cccc12)c1ccccc1C3(C)C.CC1(C)c2ccccc2-c2cc3c(cc21)N(c1cccc2c1sc1c4c(ccc12)C1(c2ccsc2-c2sccc21)c1ccc2c5c(ccc-4c15)CC2)c1ccccc1C3(C)C.O=C1c2ccsc2-c2sccc21. The highest BCUT2D eigenvalue weighted by molar-refractivity contribution is 9.10. The Bertz CT molecular complexity index is 8170. The van der Waals surface area contributed by atoms with E-state index in [2.05, 4.69) is 341 Å². The van der Waals surface area contributed by atoms with Crippen molar-refractivity contribution in [2.45, 2.75) is 108 Å². The van der Waals surface area contributed by atoms with Gasteiger partial charge in [0.15, 0.2) is 5.78 Å². The topological polar surface area (TPSA) is 23.6 Å². The lowest BCUT2D eigenvalue weighted by atomic mass is 9.61. The van der Waals surface area contributed by atoms with Crippen molar-refractivity contribution in [2.24, 2.45) is 0 Å². The Morgan fingerprint density at radius 1 is 0.266 bits per heavy atom. The van der Waals surface area contributed by atoms with Gasteiger partial charge in [0, 0.05) is 94.5 Å². The molecule has 29 rings (SSSR count). The fourth-order valence-electron chi connectivity index (χ4n) is 24.4. The predicted molar refractivity (Wildman–Crippen MR) is 533 cm³/mol. The quantitative estimate of drug-likeness (QED) is 0.176. The van der Waals surface area contributed by atoms with Crippen LogP contribution < -0.4 is 9.80 Å². The molecule has 6 aromatic heterocycles. The Kier molecular flexibility index (Phi) is 15.0. The Balaban J connectivity index is 0.000000115. The summed E-state index contributed by atoms with van der Waals surface area (Å²) in [5, 5.41) is 19.8. The maximum absolute atomic E-state index is 11.6. The second-order valence-corrected chi connectivity index (χ2v) is 44.0. The fraction of sp³-hybridized carbons (Fsp3) is 0.149. The largest absolute Gasteiger partial charge is 0.308 e. The van der Waals surface area contributed by atoms with Crippen molar-refractivity contribution >= 4 is 186 Å². The predicted octanol–water partition coefficient (Wildman–Crippen LogP) is 33.4. The summed E-state index contributed by atoms with van der Waals surface area (Å²) in [6.45, 7) is 19.3. The number of nitrogens with zero attached hydrogens (tertiary/aromatic N) is 2. The van der Waals surface area contributed by atoms with Crippen molar-refractivity contribution in [1.29, 1.82) is 0 Å². The molecule has 0 saturated heterocycles. The average Bonchev–Trinajstić information content (AvgIpc) is 1.49. The number of thiophene rings is 6. The van der Waals surface area contributed by atoms with Crippen LogP contribution in [0.4, 0.5) is 34.1 Å². The third kappa shape index (κ3) is 9.32. The zero-order valence-corrected chi connectivity index (χ0v) is 76.1. The van der Waals surface area contributed by atoms with Crippen molar-refractivity contribution in [3.63, 3.8) is 0 Å². The van der Waals surface area contributed by atoms with Gasteiger partial charge in [-0.25, -0.2) is 0 Å². The highest BCUT2D eigenvalue weighted by atomic mass is 79.9. The molecule has 1 spiro atoms. The van der Waals surface area contributed by atoms with Gasteiger partial charge in [0.2, 0.25) is 0 Å². The summed E-state index contributed by atoms with van der Waals surface area (Å²) in [7, 11) is 0. The van der Waals surface area contributed by atoms with Crippen LogP contribution in [0.2, 0.25) is 0 Å². The van der Waals surface area contributed by atoms with E-state index in [0.717, 1.165) is 46.6 Å². The summed E-state index contributed by atoms with van der Waals surface area (Å²) in [6, 6.07) is 100. The second-order valence-electron chi connectivity index (χ2n) is 37.4. The van der Waals surface area contributed by atoms with Gasteiger partial charge in [-0.15, -0.1) is 68.0 Å². The van der Waals surface area contributed by atoms with E-state index < -0.39 is 0 Å². The van der Waals surface area contributed by atoms with Gasteiger partial charge in [-0.05, 0) is 265 Å². The molecule has 0 saturated carbocycles. The van der Waals surface area contributed by atoms with Crippen LogP contribution in [-0.4, -0.2) is 5.78 Å². The minimum Gasteiger partial charge on any atom is -0.308 e. The first-order valence-corrected chi connectivity index (χ1v) is 49.3. The van der Waals surface area contributed by atoms with E-state index in [0.29, 0.717) is 0 Å². The maximum atomic E-state index is 11.6. The van der Waals surface area contributed by atoms with Gasteiger partial charge in [0.05, 0.1) is 58.7 Å². The number of hydrogen-bond acceptors (Lipinski definition) is 9. The van der Waals surface area contributed by atoms with Crippen LogP contribution in [-0.2, 0) is 52.8 Å². The van der Waals surface area contributed by atoms with Crippen molar-refractivity contribution in [3.8, 4) is 64.0 Å². The summed E-state index contributed by atoms with van der Waals surface area (Å²) < 4.78 is 6.61. The van der Waals surface area contributed by atoms with Crippen molar-refractivity contribution < 1.29 is 4.79 Å². The average molecular weight is 1770 g/mol. The summed E-state index contributed by atoms with van der Waals surface area (Å²) in [5.74, 6) is 0.197. The standard InChI is InChI=1S/C57H39NS3.C48H36BrNS.C9H4OS2/c1-55(2)37-12-6-5-10-32(37)36-28-44-47(29-43(36)55)58(45-14-8-7-13-38(45)56(44,3)4)46-15-9-11-33-34-21-23-40-50(52(34)61-51(33)46)35-20-18-30-16-17-31-19-22-39(49(35)48(30)31)57(40)41-24-26-59-53(41)54-42(57)25-27-60-54;1-47(2)35-15-6-5-11-29(35)34-25-38-42(26-37(34)47)50(40-17-8-7-16-36(40)48(38,3)4)41-18-10-14-33-32-13-9-12-31(45(32)51-46(33)41)30-23-21-27-19-20-28-22-24-39(49)44(30)43(27)28;10-7-5-1-3-11-8(5)9-6(7)2-4-12-9/h5-15,18-29H,16-17H2,1-4H3;5-18,21-26H,19-20H2,1-4H3;1-4H. The number of aryl methyl sites for hydroxylation is 4. The number of carbonyl (C=O) groups excluding carboxylic acids is 1. The van der Waals surface area contributed by atoms with Crippen LogP contribution >= 0.6 is 84.0 Å². The van der Waals surface area contributed by atoms with Crippen LogP contribution in [0.3, 0.4) is 0 Å². The van der Waals surface area contributed by atoms with E-state index in [1.54, 1.807) is 22.7 Å². The van der Waals surface area contributed by atoms with Gasteiger partial charge < -0.3 is 9.80 Å². The molecule has 0 amide bonds. The Morgan fingerprint density at radius 2 is 0.677 bits per heavy atom. The highest BCUT2D eigenvalue weighted by Crippen LogP contribution is 2.68. The number of carbonyl (C=O) groups is 1. The van der Waals surface area contributed by atoms with Gasteiger partial charge in [0.1, 0.15) is 0 Å². The van der Waals surface area contributed by atoms with Gasteiger partial charge in [-0.3, -0.25) is 4.79 Å². The fourth-order valence-corrected chi connectivity index (χ4v) is 31.7. The highest BCUT2D eigenvalue weighted by Gasteiger charge is 2.54.